The molecule has 0 radical (unpaired) electrons. The predicted octanol–water partition coefficient (Wildman–Crippen LogP) is 2.98. The van der Waals surface area contributed by atoms with Gasteiger partial charge in [0.2, 0.25) is 5.76 Å². The highest BCUT2D eigenvalue weighted by Crippen LogP contribution is 2.23. The van der Waals surface area contributed by atoms with Crippen LogP contribution in [0, 0.1) is 0 Å². The lowest BCUT2D eigenvalue weighted by molar-refractivity contribution is 0.0682. The lowest BCUT2D eigenvalue weighted by Gasteiger charge is -2.25. The molecule has 1 fully saturated rings. The van der Waals surface area contributed by atoms with Crippen LogP contribution in [-0.2, 0) is 0 Å². The number of piperidine rings is 1. The molecule has 1 aromatic heterocycles. The quantitative estimate of drug-likeness (QED) is 0.870. The van der Waals surface area contributed by atoms with Gasteiger partial charge in [0.1, 0.15) is 11.4 Å². The zero-order valence-corrected chi connectivity index (χ0v) is 12.0. The normalized spacial score (nSPS) is 15.0. The Labute approximate surface area is 123 Å². The van der Waals surface area contributed by atoms with Crippen LogP contribution in [0.15, 0.2) is 34.9 Å². The van der Waals surface area contributed by atoms with Crippen molar-refractivity contribution in [2.24, 2.45) is 0 Å². The van der Waals surface area contributed by atoms with Crippen LogP contribution in [0.3, 0.4) is 0 Å². The van der Waals surface area contributed by atoms with Crippen LogP contribution >= 0.6 is 0 Å². The molecule has 0 aliphatic carbocycles. The van der Waals surface area contributed by atoms with Crippen molar-refractivity contribution in [3.8, 4) is 17.0 Å². The zero-order chi connectivity index (χ0) is 14.7. The summed E-state index contributed by atoms with van der Waals surface area (Å²) in [7, 11) is 1.63. The van der Waals surface area contributed by atoms with E-state index in [1.165, 1.54) is 6.42 Å². The number of carbonyl (C=O) groups excluding carboxylic acids is 1. The van der Waals surface area contributed by atoms with Gasteiger partial charge in [-0.1, -0.05) is 5.16 Å². The Balaban J connectivity index is 1.77. The zero-order valence-electron chi connectivity index (χ0n) is 12.0. The second-order valence-electron chi connectivity index (χ2n) is 5.16. The number of nitrogens with zero attached hydrogens (tertiary/aromatic N) is 2. The largest absolute Gasteiger partial charge is 0.497 e. The molecular formula is C16H18N2O3. The summed E-state index contributed by atoms with van der Waals surface area (Å²) in [6.07, 6.45) is 3.31. The van der Waals surface area contributed by atoms with E-state index in [9.17, 15) is 4.79 Å². The van der Waals surface area contributed by atoms with Crippen molar-refractivity contribution in [1.29, 1.82) is 0 Å². The Hall–Kier alpha value is -2.30. The second-order valence-corrected chi connectivity index (χ2v) is 5.16. The monoisotopic (exact) mass is 286 g/mol. The molecule has 0 atom stereocenters. The Morgan fingerprint density at radius 1 is 1.19 bits per heavy atom. The van der Waals surface area contributed by atoms with Crippen molar-refractivity contribution in [2.45, 2.75) is 19.3 Å². The van der Waals surface area contributed by atoms with Crippen molar-refractivity contribution in [3.63, 3.8) is 0 Å². The third-order valence-electron chi connectivity index (χ3n) is 3.75. The maximum Gasteiger partial charge on any atom is 0.292 e. The van der Waals surface area contributed by atoms with Crippen molar-refractivity contribution in [1.82, 2.24) is 10.1 Å². The minimum atomic E-state index is -0.0676. The molecule has 5 heteroatoms. The number of hydrogen-bond donors (Lipinski definition) is 0. The fourth-order valence-electron chi connectivity index (χ4n) is 2.53. The average Bonchev–Trinajstić information content (AvgIpc) is 3.05. The molecular weight excluding hydrogens is 268 g/mol. The number of ether oxygens (including phenoxy) is 1. The molecule has 5 nitrogen and oxygen atoms in total. The topological polar surface area (TPSA) is 55.6 Å². The van der Waals surface area contributed by atoms with Gasteiger partial charge in [-0.2, -0.15) is 0 Å². The summed E-state index contributed by atoms with van der Waals surface area (Å²) in [6, 6.07) is 9.21. The number of aromatic nitrogens is 1. The molecule has 0 bridgehead atoms. The number of hydrogen-bond acceptors (Lipinski definition) is 4. The Morgan fingerprint density at radius 2 is 1.90 bits per heavy atom. The Kier molecular flexibility index (Phi) is 3.90. The summed E-state index contributed by atoms with van der Waals surface area (Å²) >= 11 is 0. The van der Waals surface area contributed by atoms with Crippen LogP contribution < -0.4 is 4.74 Å². The molecule has 1 aromatic carbocycles. The van der Waals surface area contributed by atoms with Crippen LogP contribution in [0.4, 0.5) is 0 Å². The van der Waals surface area contributed by atoms with Crippen molar-refractivity contribution < 1.29 is 14.1 Å². The first-order valence-corrected chi connectivity index (χ1v) is 7.18. The average molecular weight is 286 g/mol. The molecule has 0 N–H and O–H groups in total. The summed E-state index contributed by atoms with van der Waals surface area (Å²) in [5.74, 6) is 1.02. The molecule has 0 spiro atoms. The standard InChI is InChI=1S/C16H18N2O3/c1-20-13-7-5-12(6-8-13)14-11-15(21-17-14)16(19)18-9-3-2-4-10-18/h5-8,11H,2-4,9-10H2,1H3. The number of amides is 1. The lowest BCUT2D eigenvalue weighted by atomic mass is 10.1. The lowest BCUT2D eigenvalue weighted by Crippen LogP contribution is -2.35. The van der Waals surface area contributed by atoms with Gasteiger partial charge in [-0.3, -0.25) is 4.79 Å². The second kappa shape index (κ2) is 5.99. The van der Waals surface area contributed by atoms with Crippen LogP contribution in [0.2, 0.25) is 0 Å². The molecule has 2 heterocycles. The van der Waals surface area contributed by atoms with Crippen LogP contribution in [0.5, 0.6) is 5.75 Å². The third-order valence-corrected chi connectivity index (χ3v) is 3.75. The minimum Gasteiger partial charge on any atom is -0.497 e. The van der Waals surface area contributed by atoms with Gasteiger partial charge in [0, 0.05) is 24.7 Å². The van der Waals surface area contributed by atoms with Crippen LogP contribution in [0.1, 0.15) is 29.8 Å². The molecule has 1 aliphatic heterocycles. The van der Waals surface area contributed by atoms with E-state index < -0.39 is 0 Å². The van der Waals surface area contributed by atoms with E-state index in [1.54, 1.807) is 13.2 Å². The summed E-state index contributed by atoms with van der Waals surface area (Å²) in [6.45, 7) is 1.61. The summed E-state index contributed by atoms with van der Waals surface area (Å²) in [4.78, 5) is 14.2. The van der Waals surface area contributed by atoms with Gasteiger partial charge in [-0.25, -0.2) is 0 Å². The fourth-order valence-corrected chi connectivity index (χ4v) is 2.53. The van der Waals surface area contributed by atoms with Crippen LogP contribution in [-0.4, -0.2) is 36.2 Å². The SMILES string of the molecule is COc1ccc(-c2cc(C(=O)N3CCCCC3)on2)cc1. The van der Waals surface area contributed by atoms with E-state index in [0.29, 0.717) is 11.5 Å². The Bertz CT molecular complexity index is 613. The molecule has 1 saturated heterocycles. The Morgan fingerprint density at radius 3 is 2.57 bits per heavy atom. The number of likely N-dealkylation sites (tertiary alicyclic amines) is 1. The first-order chi connectivity index (χ1) is 10.3. The van der Waals surface area contributed by atoms with Gasteiger partial charge >= 0.3 is 0 Å². The summed E-state index contributed by atoms with van der Waals surface area (Å²) < 4.78 is 10.3. The summed E-state index contributed by atoms with van der Waals surface area (Å²) in [5, 5.41) is 3.99. The van der Waals surface area contributed by atoms with E-state index in [4.69, 9.17) is 9.26 Å². The maximum absolute atomic E-state index is 12.3. The first kappa shape index (κ1) is 13.7. The summed E-state index contributed by atoms with van der Waals surface area (Å²) in [5.41, 5.74) is 1.57. The van der Waals surface area contributed by atoms with E-state index in [0.717, 1.165) is 37.2 Å². The van der Waals surface area contributed by atoms with Crippen molar-refractivity contribution >= 4 is 5.91 Å². The van der Waals surface area contributed by atoms with E-state index >= 15 is 0 Å². The van der Waals surface area contributed by atoms with E-state index in [1.807, 2.05) is 29.2 Å². The molecule has 2 aromatic rings. The molecule has 1 aliphatic rings. The molecule has 110 valence electrons. The van der Waals surface area contributed by atoms with E-state index in [-0.39, 0.29) is 5.91 Å². The van der Waals surface area contributed by atoms with Gasteiger partial charge < -0.3 is 14.2 Å². The van der Waals surface area contributed by atoms with Crippen molar-refractivity contribution in [2.75, 3.05) is 20.2 Å². The van der Waals surface area contributed by atoms with Gasteiger partial charge in [0.25, 0.3) is 5.91 Å². The van der Waals surface area contributed by atoms with Gasteiger partial charge in [0.15, 0.2) is 0 Å². The van der Waals surface area contributed by atoms with Crippen molar-refractivity contribution in [3.05, 3.63) is 36.1 Å². The molecule has 21 heavy (non-hydrogen) atoms. The number of methoxy groups -OCH3 is 1. The molecule has 1 amide bonds. The smallest absolute Gasteiger partial charge is 0.292 e. The molecule has 3 rings (SSSR count). The number of benzene rings is 1. The highest BCUT2D eigenvalue weighted by molar-refractivity contribution is 5.92. The number of carbonyl (C=O) groups is 1. The molecule has 0 unspecified atom stereocenters. The van der Waals surface area contributed by atoms with E-state index in [2.05, 4.69) is 5.16 Å². The first-order valence-electron chi connectivity index (χ1n) is 7.18. The predicted molar refractivity (Wildman–Crippen MR) is 78.2 cm³/mol. The van der Waals surface area contributed by atoms with Gasteiger partial charge in [-0.05, 0) is 43.5 Å². The third kappa shape index (κ3) is 2.91. The number of rotatable bonds is 3. The van der Waals surface area contributed by atoms with Crippen LogP contribution in [0.25, 0.3) is 11.3 Å². The minimum absolute atomic E-state index is 0.0676. The highest BCUT2D eigenvalue weighted by atomic mass is 16.5. The maximum atomic E-state index is 12.3. The van der Waals surface area contributed by atoms with Gasteiger partial charge in [0.05, 0.1) is 7.11 Å². The van der Waals surface area contributed by atoms with Gasteiger partial charge in [-0.15, -0.1) is 0 Å². The fraction of sp³-hybridized carbons (Fsp3) is 0.375. The molecule has 0 saturated carbocycles. The highest BCUT2D eigenvalue weighted by Gasteiger charge is 2.22.